The highest BCUT2D eigenvalue weighted by Crippen LogP contribution is 2.32. The molecule has 6 rings (SSSR count). The minimum Gasteiger partial charge on any atom is -0.497 e. The molecule has 0 fully saturated rings. The average molecular weight is 424 g/mol. The van der Waals surface area contributed by atoms with E-state index in [9.17, 15) is 0 Å². The van der Waals surface area contributed by atoms with Gasteiger partial charge in [-0.2, -0.15) is 14.7 Å². The lowest BCUT2D eigenvalue weighted by Crippen LogP contribution is -1.92. The summed E-state index contributed by atoms with van der Waals surface area (Å²) in [5.74, 6) is 1.54. The number of methoxy groups -OCH3 is 1. The van der Waals surface area contributed by atoms with Crippen LogP contribution >= 0.6 is 11.3 Å². The van der Waals surface area contributed by atoms with Crippen molar-refractivity contribution < 1.29 is 4.74 Å². The van der Waals surface area contributed by atoms with Crippen molar-refractivity contribution >= 4 is 27.1 Å². The number of rotatable bonds is 4. The summed E-state index contributed by atoms with van der Waals surface area (Å²) in [5, 5.41) is 24.2. The number of aromatic nitrogens is 6. The zero-order chi connectivity index (χ0) is 20.8. The van der Waals surface area contributed by atoms with E-state index in [1.54, 1.807) is 11.6 Å². The van der Waals surface area contributed by atoms with Crippen LogP contribution in [0.2, 0.25) is 0 Å². The van der Waals surface area contributed by atoms with Crippen LogP contribution in [-0.4, -0.2) is 37.1 Å². The fourth-order valence-electron chi connectivity index (χ4n) is 3.66. The van der Waals surface area contributed by atoms with Crippen LogP contribution in [0.25, 0.3) is 49.1 Å². The Kier molecular flexibility index (Phi) is 4.03. The molecule has 0 aliphatic carbocycles. The SMILES string of the molecule is COc1ccc(-c2cc(-c3nn4c(-c5cccc6ccccc56)nnc4s3)[nH]n2)cc1. The lowest BCUT2D eigenvalue weighted by atomic mass is 10.0. The molecule has 1 N–H and O–H groups in total. The number of H-pyrrole nitrogens is 1. The van der Waals surface area contributed by atoms with Gasteiger partial charge in [0.15, 0.2) is 10.8 Å². The maximum Gasteiger partial charge on any atom is 0.235 e. The Hall–Kier alpha value is -4.04. The lowest BCUT2D eigenvalue weighted by Gasteiger charge is -2.03. The second kappa shape index (κ2) is 7.03. The molecule has 6 aromatic rings. The molecule has 0 aliphatic rings. The van der Waals surface area contributed by atoms with Crippen molar-refractivity contribution in [3.8, 4) is 39.1 Å². The fraction of sp³-hybridized carbons (Fsp3) is 0.0435. The number of nitrogens with zero attached hydrogens (tertiary/aromatic N) is 5. The smallest absolute Gasteiger partial charge is 0.235 e. The van der Waals surface area contributed by atoms with Crippen molar-refractivity contribution in [3.63, 3.8) is 0 Å². The fourth-order valence-corrected chi connectivity index (χ4v) is 4.46. The third kappa shape index (κ3) is 2.96. The van der Waals surface area contributed by atoms with Crippen LogP contribution in [0.3, 0.4) is 0 Å². The second-order valence-corrected chi connectivity index (χ2v) is 8.00. The van der Waals surface area contributed by atoms with Gasteiger partial charge in [-0.15, -0.1) is 10.2 Å². The zero-order valence-corrected chi connectivity index (χ0v) is 17.3. The Morgan fingerprint density at radius 3 is 2.65 bits per heavy atom. The van der Waals surface area contributed by atoms with Crippen LogP contribution in [0.4, 0.5) is 0 Å². The van der Waals surface area contributed by atoms with Gasteiger partial charge in [0.25, 0.3) is 0 Å². The summed E-state index contributed by atoms with van der Waals surface area (Å²) < 4.78 is 7.03. The first-order chi connectivity index (χ1) is 15.3. The Labute approximate surface area is 181 Å². The number of ether oxygens (including phenoxy) is 1. The summed E-state index contributed by atoms with van der Waals surface area (Å²) in [4.78, 5) is 0.735. The third-order valence-electron chi connectivity index (χ3n) is 5.22. The molecule has 8 heteroatoms. The van der Waals surface area contributed by atoms with Crippen LogP contribution in [0.5, 0.6) is 5.75 Å². The van der Waals surface area contributed by atoms with E-state index in [1.807, 2.05) is 48.5 Å². The summed E-state index contributed by atoms with van der Waals surface area (Å²) in [7, 11) is 1.65. The molecule has 0 spiro atoms. The molecule has 0 aliphatic heterocycles. The predicted molar refractivity (Wildman–Crippen MR) is 121 cm³/mol. The molecule has 0 radical (unpaired) electrons. The molecule has 0 amide bonds. The molecule has 0 unspecified atom stereocenters. The molecular weight excluding hydrogens is 408 g/mol. The van der Waals surface area contributed by atoms with Gasteiger partial charge in [0, 0.05) is 11.1 Å². The summed E-state index contributed by atoms with van der Waals surface area (Å²) in [6.07, 6.45) is 0. The normalized spacial score (nSPS) is 11.4. The van der Waals surface area contributed by atoms with Crippen molar-refractivity contribution in [1.82, 2.24) is 30.0 Å². The van der Waals surface area contributed by atoms with Crippen molar-refractivity contribution in [2.75, 3.05) is 7.11 Å². The minimum atomic E-state index is 0.726. The van der Waals surface area contributed by atoms with E-state index in [0.717, 1.165) is 54.8 Å². The first kappa shape index (κ1) is 17.8. The summed E-state index contributed by atoms with van der Waals surface area (Å²) in [6.45, 7) is 0. The van der Waals surface area contributed by atoms with Gasteiger partial charge < -0.3 is 4.74 Å². The Morgan fingerprint density at radius 2 is 1.77 bits per heavy atom. The standard InChI is InChI=1S/C23H16N6OS/c1-30-16-11-9-15(10-12-16)19-13-20(25-24-19)22-28-29-21(26-27-23(29)31-22)18-8-4-6-14-5-2-3-7-17(14)18/h2-13H,1H3,(H,24,25). The number of aromatic amines is 1. The molecular formula is C23H16N6OS. The Morgan fingerprint density at radius 1 is 0.935 bits per heavy atom. The van der Waals surface area contributed by atoms with E-state index in [0.29, 0.717) is 0 Å². The van der Waals surface area contributed by atoms with Crippen molar-refractivity contribution in [3.05, 3.63) is 72.8 Å². The van der Waals surface area contributed by atoms with Gasteiger partial charge in [-0.25, -0.2) is 0 Å². The lowest BCUT2D eigenvalue weighted by molar-refractivity contribution is 0.415. The van der Waals surface area contributed by atoms with E-state index in [1.165, 1.54) is 11.3 Å². The van der Waals surface area contributed by atoms with Crippen LogP contribution in [0.15, 0.2) is 72.8 Å². The minimum absolute atomic E-state index is 0.726. The van der Waals surface area contributed by atoms with E-state index >= 15 is 0 Å². The summed E-state index contributed by atoms with van der Waals surface area (Å²) in [5.41, 5.74) is 3.69. The largest absolute Gasteiger partial charge is 0.497 e. The molecule has 3 aromatic heterocycles. The summed E-state index contributed by atoms with van der Waals surface area (Å²) in [6, 6.07) is 24.2. The molecule has 0 bridgehead atoms. The van der Waals surface area contributed by atoms with Crippen LogP contribution in [-0.2, 0) is 0 Å². The van der Waals surface area contributed by atoms with Gasteiger partial charge in [0.05, 0.1) is 18.5 Å². The molecule has 31 heavy (non-hydrogen) atoms. The number of benzene rings is 3. The van der Waals surface area contributed by atoms with Crippen molar-refractivity contribution in [1.29, 1.82) is 0 Å². The highest BCUT2D eigenvalue weighted by atomic mass is 32.1. The van der Waals surface area contributed by atoms with Crippen molar-refractivity contribution in [2.45, 2.75) is 0 Å². The molecule has 0 saturated heterocycles. The predicted octanol–water partition coefficient (Wildman–Crippen LogP) is 5.07. The maximum atomic E-state index is 5.23. The van der Waals surface area contributed by atoms with Gasteiger partial charge in [0.2, 0.25) is 4.96 Å². The van der Waals surface area contributed by atoms with E-state index in [2.05, 4.69) is 44.7 Å². The number of hydrogen-bond acceptors (Lipinski definition) is 6. The number of fused-ring (bicyclic) bond motifs is 2. The molecule has 3 heterocycles. The molecule has 3 aromatic carbocycles. The van der Waals surface area contributed by atoms with Crippen molar-refractivity contribution in [2.24, 2.45) is 0 Å². The average Bonchev–Trinajstić information content (AvgIpc) is 3.54. The zero-order valence-electron chi connectivity index (χ0n) is 16.5. The molecule has 0 saturated carbocycles. The van der Waals surface area contributed by atoms with Crippen LogP contribution < -0.4 is 4.74 Å². The quantitative estimate of drug-likeness (QED) is 0.427. The van der Waals surface area contributed by atoms with Crippen LogP contribution in [0, 0.1) is 0 Å². The summed E-state index contributed by atoms with van der Waals surface area (Å²) >= 11 is 1.47. The Bertz CT molecular complexity index is 1520. The topological polar surface area (TPSA) is 81.0 Å². The Balaban J connectivity index is 1.41. The third-order valence-corrected chi connectivity index (χ3v) is 6.15. The maximum absolute atomic E-state index is 5.23. The molecule has 0 atom stereocenters. The van der Waals surface area contributed by atoms with Gasteiger partial charge >= 0.3 is 0 Å². The molecule has 7 nitrogen and oxygen atoms in total. The van der Waals surface area contributed by atoms with Gasteiger partial charge in [-0.3, -0.25) is 5.10 Å². The monoisotopic (exact) mass is 424 g/mol. The highest BCUT2D eigenvalue weighted by Gasteiger charge is 2.17. The van der Waals surface area contributed by atoms with Gasteiger partial charge in [0.1, 0.15) is 5.75 Å². The number of nitrogens with one attached hydrogen (secondary N) is 1. The number of hydrogen-bond donors (Lipinski definition) is 1. The molecule has 150 valence electrons. The first-order valence-corrected chi connectivity index (χ1v) is 10.5. The highest BCUT2D eigenvalue weighted by molar-refractivity contribution is 7.19. The first-order valence-electron chi connectivity index (χ1n) is 9.71. The van der Waals surface area contributed by atoms with Gasteiger partial charge in [-0.05, 0) is 41.1 Å². The van der Waals surface area contributed by atoms with Crippen LogP contribution in [0.1, 0.15) is 0 Å². The second-order valence-electron chi connectivity index (χ2n) is 7.05. The van der Waals surface area contributed by atoms with Gasteiger partial charge in [-0.1, -0.05) is 53.8 Å². The van der Waals surface area contributed by atoms with E-state index in [4.69, 9.17) is 9.84 Å². The van der Waals surface area contributed by atoms with E-state index in [-0.39, 0.29) is 0 Å². The van der Waals surface area contributed by atoms with E-state index < -0.39 is 0 Å².